The summed E-state index contributed by atoms with van der Waals surface area (Å²) in [5.41, 5.74) is 6.28. The highest BCUT2D eigenvalue weighted by Gasteiger charge is 2.09. The van der Waals surface area contributed by atoms with Crippen LogP contribution in [0, 0.1) is 11.7 Å². The van der Waals surface area contributed by atoms with Crippen molar-refractivity contribution in [1.29, 1.82) is 0 Å². The van der Waals surface area contributed by atoms with Gasteiger partial charge in [0.15, 0.2) is 0 Å². The van der Waals surface area contributed by atoms with E-state index in [4.69, 9.17) is 10.5 Å². The Morgan fingerprint density at radius 1 is 1.43 bits per heavy atom. The van der Waals surface area contributed by atoms with Gasteiger partial charge in [0.05, 0.1) is 18.0 Å². The van der Waals surface area contributed by atoms with E-state index in [9.17, 15) is 9.18 Å². The van der Waals surface area contributed by atoms with Gasteiger partial charge in [-0.3, -0.25) is 4.79 Å². The lowest BCUT2D eigenvalue weighted by Crippen LogP contribution is -2.21. The summed E-state index contributed by atoms with van der Waals surface area (Å²) in [7, 11) is 0. The van der Waals surface area contributed by atoms with Crippen molar-refractivity contribution in [3.63, 3.8) is 0 Å². The van der Waals surface area contributed by atoms with E-state index < -0.39 is 5.82 Å². The standard InChI is InChI=1S/C16H25FN2O2/c1-3-5-6-12(4-2)10-21-11-16(20)19-15-9-13(17)7-8-14(15)18/h7-9,12H,3-6,10-11,18H2,1-2H3,(H,19,20). The maximum absolute atomic E-state index is 13.1. The fourth-order valence-corrected chi connectivity index (χ4v) is 2.04. The predicted molar refractivity (Wildman–Crippen MR) is 83.6 cm³/mol. The summed E-state index contributed by atoms with van der Waals surface area (Å²) in [5, 5.41) is 2.56. The zero-order valence-corrected chi connectivity index (χ0v) is 12.8. The van der Waals surface area contributed by atoms with Crippen molar-refractivity contribution in [3.05, 3.63) is 24.0 Å². The molecule has 1 amide bonds. The van der Waals surface area contributed by atoms with Crippen molar-refractivity contribution in [3.8, 4) is 0 Å². The van der Waals surface area contributed by atoms with Crippen molar-refractivity contribution in [1.82, 2.24) is 0 Å². The average Bonchev–Trinajstić information content (AvgIpc) is 2.46. The van der Waals surface area contributed by atoms with Crippen LogP contribution < -0.4 is 11.1 Å². The third kappa shape index (κ3) is 6.58. The molecule has 0 heterocycles. The van der Waals surface area contributed by atoms with Gasteiger partial charge in [-0.05, 0) is 30.5 Å². The molecule has 0 radical (unpaired) electrons. The molecule has 5 heteroatoms. The fraction of sp³-hybridized carbons (Fsp3) is 0.562. The second-order valence-corrected chi connectivity index (χ2v) is 5.21. The van der Waals surface area contributed by atoms with Gasteiger partial charge in [-0.15, -0.1) is 0 Å². The molecule has 4 nitrogen and oxygen atoms in total. The number of ether oxygens (including phenoxy) is 1. The molecular formula is C16H25FN2O2. The first-order valence-corrected chi connectivity index (χ1v) is 7.49. The molecule has 0 bridgehead atoms. The van der Waals surface area contributed by atoms with Gasteiger partial charge in [0.25, 0.3) is 0 Å². The van der Waals surface area contributed by atoms with Crippen LogP contribution in [0.5, 0.6) is 0 Å². The number of unbranched alkanes of at least 4 members (excludes halogenated alkanes) is 1. The number of nitrogen functional groups attached to an aromatic ring is 1. The molecule has 0 saturated heterocycles. The molecule has 118 valence electrons. The third-order valence-corrected chi connectivity index (χ3v) is 3.42. The smallest absolute Gasteiger partial charge is 0.250 e. The highest BCUT2D eigenvalue weighted by atomic mass is 19.1. The van der Waals surface area contributed by atoms with E-state index in [0.717, 1.165) is 19.3 Å². The fourth-order valence-electron chi connectivity index (χ4n) is 2.04. The zero-order chi connectivity index (χ0) is 15.7. The van der Waals surface area contributed by atoms with E-state index in [1.165, 1.54) is 24.6 Å². The Morgan fingerprint density at radius 2 is 2.19 bits per heavy atom. The summed E-state index contributed by atoms with van der Waals surface area (Å²) in [6.45, 7) is 4.81. The van der Waals surface area contributed by atoms with Crippen LogP contribution in [-0.4, -0.2) is 19.1 Å². The topological polar surface area (TPSA) is 64.3 Å². The number of anilines is 2. The molecule has 0 aliphatic rings. The van der Waals surface area contributed by atoms with Crippen LogP contribution in [0.3, 0.4) is 0 Å². The Bertz CT molecular complexity index is 452. The third-order valence-electron chi connectivity index (χ3n) is 3.42. The number of benzene rings is 1. The van der Waals surface area contributed by atoms with Crippen molar-refractivity contribution in [2.75, 3.05) is 24.3 Å². The van der Waals surface area contributed by atoms with Crippen molar-refractivity contribution >= 4 is 17.3 Å². The molecule has 0 saturated carbocycles. The first-order valence-electron chi connectivity index (χ1n) is 7.49. The zero-order valence-electron chi connectivity index (χ0n) is 12.8. The first kappa shape index (κ1) is 17.4. The molecule has 1 atom stereocenters. The number of nitrogens with two attached hydrogens (primary N) is 1. The molecule has 1 rings (SSSR count). The normalized spacial score (nSPS) is 12.1. The summed E-state index contributed by atoms with van der Waals surface area (Å²) >= 11 is 0. The summed E-state index contributed by atoms with van der Waals surface area (Å²) in [6.07, 6.45) is 4.49. The molecule has 1 aromatic carbocycles. The number of rotatable bonds is 9. The summed E-state index contributed by atoms with van der Waals surface area (Å²) in [6, 6.07) is 3.87. The van der Waals surface area contributed by atoms with Gasteiger partial charge in [0, 0.05) is 0 Å². The monoisotopic (exact) mass is 296 g/mol. The SMILES string of the molecule is CCCCC(CC)COCC(=O)Nc1cc(F)ccc1N. The van der Waals surface area contributed by atoms with Crippen LogP contribution in [0.4, 0.5) is 15.8 Å². The highest BCUT2D eigenvalue weighted by molar-refractivity contribution is 5.94. The van der Waals surface area contributed by atoms with Gasteiger partial charge in [-0.1, -0.05) is 33.1 Å². The number of hydrogen-bond donors (Lipinski definition) is 2. The Labute approximate surface area is 125 Å². The Kier molecular flexibility index (Phi) is 7.75. The van der Waals surface area contributed by atoms with Crippen molar-refractivity contribution in [2.24, 2.45) is 5.92 Å². The van der Waals surface area contributed by atoms with Crippen LogP contribution in [0.25, 0.3) is 0 Å². The maximum atomic E-state index is 13.1. The van der Waals surface area contributed by atoms with E-state index in [-0.39, 0.29) is 18.2 Å². The Hall–Kier alpha value is -1.62. The Morgan fingerprint density at radius 3 is 2.86 bits per heavy atom. The van der Waals surface area contributed by atoms with Gasteiger partial charge in [0.2, 0.25) is 5.91 Å². The van der Waals surface area contributed by atoms with Gasteiger partial charge in [-0.25, -0.2) is 4.39 Å². The molecule has 21 heavy (non-hydrogen) atoms. The van der Waals surface area contributed by atoms with Gasteiger partial charge in [0.1, 0.15) is 12.4 Å². The lowest BCUT2D eigenvalue weighted by atomic mass is 10.0. The lowest BCUT2D eigenvalue weighted by Gasteiger charge is -2.14. The van der Waals surface area contributed by atoms with Crippen LogP contribution in [-0.2, 0) is 9.53 Å². The van der Waals surface area contributed by atoms with Crippen LogP contribution in [0.2, 0.25) is 0 Å². The number of halogens is 1. The molecular weight excluding hydrogens is 271 g/mol. The molecule has 1 unspecified atom stereocenters. The minimum Gasteiger partial charge on any atom is -0.397 e. The van der Waals surface area contributed by atoms with E-state index in [2.05, 4.69) is 19.2 Å². The number of carbonyl (C=O) groups is 1. The number of carbonyl (C=O) groups excluding carboxylic acids is 1. The molecule has 0 aliphatic heterocycles. The molecule has 0 fully saturated rings. The molecule has 1 aromatic rings. The summed E-state index contributed by atoms with van der Waals surface area (Å²) < 4.78 is 18.5. The van der Waals surface area contributed by atoms with E-state index in [0.29, 0.717) is 18.2 Å². The highest BCUT2D eigenvalue weighted by Crippen LogP contribution is 2.19. The van der Waals surface area contributed by atoms with E-state index >= 15 is 0 Å². The predicted octanol–water partition coefficient (Wildman–Crippen LogP) is 3.58. The summed E-state index contributed by atoms with van der Waals surface area (Å²) in [4.78, 5) is 11.7. The van der Waals surface area contributed by atoms with Crippen LogP contribution in [0.15, 0.2) is 18.2 Å². The maximum Gasteiger partial charge on any atom is 0.250 e. The van der Waals surface area contributed by atoms with Gasteiger partial charge in [-0.2, -0.15) is 0 Å². The van der Waals surface area contributed by atoms with Crippen molar-refractivity contribution < 1.29 is 13.9 Å². The lowest BCUT2D eigenvalue weighted by molar-refractivity contribution is -0.121. The second-order valence-electron chi connectivity index (χ2n) is 5.21. The molecule has 0 spiro atoms. The van der Waals surface area contributed by atoms with Gasteiger partial charge < -0.3 is 15.8 Å². The number of amides is 1. The second kappa shape index (κ2) is 9.34. The van der Waals surface area contributed by atoms with Crippen molar-refractivity contribution in [2.45, 2.75) is 39.5 Å². The quantitative estimate of drug-likeness (QED) is 0.685. The minimum atomic E-state index is -0.439. The van der Waals surface area contributed by atoms with Crippen LogP contribution in [0.1, 0.15) is 39.5 Å². The number of hydrogen-bond acceptors (Lipinski definition) is 3. The molecule has 0 aromatic heterocycles. The van der Waals surface area contributed by atoms with E-state index in [1.54, 1.807) is 0 Å². The van der Waals surface area contributed by atoms with E-state index in [1.807, 2.05) is 0 Å². The first-order chi connectivity index (χ1) is 10.1. The van der Waals surface area contributed by atoms with Gasteiger partial charge >= 0.3 is 0 Å². The molecule has 0 aliphatic carbocycles. The largest absolute Gasteiger partial charge is 0.397 e. The number of nitrogens with one attached hydrogen (secondary N) is 1. The average molecular weight is 296 g/mol. The van der Waals surface area contributed by atoms with Crippen LogP contribution >= 0.6 is 0 Å². The minimum absolute atomic E-state index is 0.0431. The molecule has 3 N–H and O–H groups in total. The summed E-state index contributed by atoms with van der Waals surface area (Å²) in [5.74, 6) is -0.277. The Balaban J connectivity index is 2.35.